The molecule has 0 saturated carbocycles. The lowest BCUT2D eigenvalue weighted by Gasteiger charge is -2.11. The summed E-state index contributed by atoms with van der Waals surface area (Å²) in [5.74, 6) is 0.329. The van der Waals surface area contributed by atoms with Gasteiger partial charge in [0.1, 0.15) is 5.75 Å². The lowest BCUT2D eigenvalue weighted by atomic mass is 10.2. The molecule has 0 spiro atoms. The fraction of sp³-hybridized carbons (Fsp3) is 0.263. The molecule has 2 aromatic carbocycles. The van der Waals surface area contributed by atoms with Crippen molar-refractivity contribution < 1.29 is 14.3 Å². The Kier molecular flexibility index (Phi) is 6.83. The third kappa shape index (κ3) is 5.53. The standard InChI is InChI=1S/C19H23N3O3/c1-3-12-20-19(24)14-8-10-15(11-9-14)21-13-18(23)22-16-6-4-5-7-17(16)25-2/h4-11,21H,3,12-13H2,1-2H3,(H,20,24)(H,22,23). The quantitative estimate of drug-likeness (QED) is 0.690. The van der Waals surface area contributed by atoms with E-state index in [-0.39, 0.29) is 18.4 Å². The second-order valence-corrected chi connectivity index (χ2v) is 5.44. The molecule has 0 aliphatic heterocycles. The molecule has 25 heavy (non-hydrogen) atoms. The monoisotopic (exact) mass is 341 g/mol. The van der Waals surface area contributed by atoms with E-state index in [0.29, 0.717) is 23.5 Å². The van der Waals surface area contributed by atoms with E-state index in [0.717, 1.165) is 12.1 Å². The zero-order chi connectivity index (χ0) is 18.1. The van der Waals surface area contributed by atoms with E-state index in [1.54, 1.807) is 43.5 Å². The normalized spacial score (nSPS) is 10.0. The Bertz CT molecular complexity index is 714. The molecule has 0 atom stereocenters. The number of nitrogens with one attached hydrogen (secondary N) is 3. The Morgan fingerprint density at radius 1 is 1.04 bits per heavy atom. The van der Waals surface area contributed by atoms with Crippen LogP contribution in [0.4, 0.5) is 11.4 Å². The molecule has 0 heterocycles. The molecule has 0 fully saturated rings. The average Bonchev–Trinajstić information content (AvgIpc) is 2.65. The maximum atomic E-state index is 12.1. The highest BCUT2D eigenvalue weighted by atomic mass is 16.5. The van der Waals surface area contributed by atoms with Crippen LogP contribution in [0, 0.1) is 0 Å². The summed E-state index contributed by atoms with van der Waals surface area (Å²) in [4.78, 5) is 23.9. The first-order valence-corrected chi connectivity index (χ1v) is 8.19. The van der Waals surface area contributed by atoms with Crippen molar-refractivity contribution in [1.29, 1.82) is 0 Å². The number of rotatable bonds is 8. The molecule has 0 aliphatic rings. The molecule has 0 radical (unpaired) electrons. The Morgan fingerprint density at radius 3 is 2.44 bits per heavy atom. The second kappa shape index (κ2) is 9.32. The number of carbonyl (C=O) groups is 2. The predicted molar refractivity (Wildman–Crippen MR) is 99.2 cm³/mol. The summed E-state index contributed by atoms with van der Waals surface area (Å²) >= 11 is 0. The van der Waals surface area contributed by atoms with Gasteiger partial charge in [-0.3, -0.25) is 9.59 Å². The summed E-state index contributed by atoms with van der Waals surface area (Å²) in [7, 11) is 1.56. The zero-order valence-corrected chi connectivity index (χ0v) is 14.5. The van der Waals surface area contributed by atoms with Gasteiger partial charge in [0.2, 0.25) is 5.91 Å². The molecule has 3 N–H and O–H groups in total. The SMILES string of the molecule is CCCNC(=O)c1ccc(NCC(=O)Nc2ccccc2OC)cc1. The lowest BCUT2D eigenvalue weighted by Crippen LogP contribution is -2.24. The van der Waals surface area contributed by atoms with Crippen LogP contribution in [0.25, 0.3) is 0 Å². The van der Waals surface area contributed by atoms with Crippen molar-refractivity contribution in [2.24, 2.45) is 0 Å². The van der Waals surface area contributed by atoms with E-state index in [1.165, 1.54) is 0 Å². The summed E-state index contributed by atoms with van der Waals surface area (Å²) in [6.45, 7) is 2.77. The fourth-order valence-corrected chi connectivity index (χ4v) is 2.20. The Morgan fingerprint density at radius 2 is 1.76 bits per heavy atom. The summed E-state index contributed by atoms with van der Waals surface area (Å²) < 4.78 is 5.20. The van der Waals surface area contributed by atoms with Crippen LogP contribution in [0.2, 0.25) is 0 Å². The van der Waals surface area contributed by atoms with Gasteiger partial charge in [0.25, 0.3) is 5.91 Å². The summed E-state index contributed by atoms with van der Waals surface area (Å²) in [6.07, 6.45) is 0.896. The number of hydrogen-bond donors (Lipinski definition) is 3. The minimum absolute atomic E-state index is 0.0951. The van der Waals surface area contributed by atoms with Gasteiger partial charge in [0.05, 0.1) is 19.3 Å². The predicted octanol–water partition coefficient (Wildman–Crippen LogP) is 2.89. The van der Waals surface area contributed by atoms with Crippen LogP contribution < -0.4 is 20.7 Å². The second-order valence-electron chi connectivity index (χ2n) is 5.44. The summed E-state index contributed by atoms with van der Waals surface area (Å²) in [5, 5.41) is 8.64. The van der Waals surface area contributed by atoms with Crippen LogP contribution in [0.5, 0.6) is 5.75 Å². The van der Waals surface area contributed by atoms with Gasteiger partial charge in [-0.25, -0.2) is 0 Å². The first-order chi connectivity index (χ1) is 12.1. The molecule has 6 nitrogen and oxygen atoms in total. The number of benzene rings is 2. The van der Waals surface area contributed by atoms with Crippen molar-refractivity contribution in [2.75, 3.05) is 30.8 Å². The number of methoxy groups -OCH3 is 1. The Hall–Kier alpha value is -3.02. The van der Waals surface area contributed by atoms with Crippen molar-refractivity contribution >= 4 is 23.2 Å². The molecule has 0 unspecified atom stereocenters. The van der Waals surface area contributed by atoms with E-state index in [9.17, 15) is 9.59 Å². The van der Waals surface area contributed by atoms with E-state index in [4.69, 9.17) is 4.74 Å². The van der Waals surface area contributed by atoms with Crippen LogP contribution in [0.1, 0.15) is 23.7 Å². The molecule has 2 rings (SSSR count). The number of anilines is 2. The minimum Gasteiger partial charge on any atom is -0.495 e. The molecule has 2 amide bonds. The molecular formula is C19H23N3O3. The van der Waals surface area contributed by atoms with Gasteiger partial charge in [-0.2, -0.15) is 0 Å². The molecule has 6 heteroatoms. The van der Waals surface area contributed by atoms with Gasteiger partial charge >= 0.3 is 0 Å². The highest BCUT2D eigenvalue weighted by Gasteiger charge is 2.07. The number of para-hydroxylation sites is 2. The van der Waals surface area contributed by atoms with Gasteiger partial charge in [-0.05, 0) is 42.8 Å². The van der Waals surface area contributed by atoms with Gasteiger partial charge in [0, 0.05) is 17.8 Å². The third-order valence-electron chi connectivity index (χ3n) is 3.52. The van der Waals surface area contributed by atoms with Crippen molar-refractivity contribution in [3.63, 3.8) is 0 Å². The smallest absolute Gasteiger partial charge is 0.251 e. The van der Waals surface area contributed by atoms with E-state index < -0.39 is 0 Å². The van der Waals surface area contributed by atoms with Crippen LogP contribution in [0.15, 0.2) is 48.5 Å². The molecule has 0 aliphatic carbocycles. The maximum Gasteiger partial charge on any atom is 0.251 e. The van der Waals surface area contributed by atoms with E-state index >= 15 is 0 Å². The lowest BCUT2D eigenvalue weighted by molar-refractivity contribution is -0.114. The zero-order valence-electron chi connectivity index (χ0n) is 14.5. The number of ether oxygens (including phenoxy) is 1. The van der Waals surface area contributed by atoms with Crippen LogP contribution in [-0.4, -0.2) is 32.0 Å². The fourth-order valence-electron chi connectivity index (χ4n) is 2.20. The average molecular weight is 341 g/mol. The van der Waals surface area contributed by atoms with Crippen LogP contribution in [-0.2, 0) is 4.79 Å². The number of carbonyl (C=O) groups excluding carboxylic acids is 2. The minimum atomic E-state index is -0.186. The van der Waals surface area contributed by atoms with Gasteiger partial charge in [-0.15, -0.1) is 0 Å². The summed E-state index contributed by atoms with van der Waals surface area (Å²) in [6, 6.07) is 14.2. The topological polar surface area (TPSA) is 79.5 Å². The summed E-state index contributed by atoms with van der Waals surface area (Å²) in [5.41, 5.74) is 1.99. The Labute approximate surface area is 147 Å². The number of hydrogen-bond acceptors (Lipinski definition) is 4. The number of amides is 2. The largest absolute Gasteiger partial charge is 0.495 e. The van der Waals surface area contributed by atoms with Crippen molar-refractivity contribution in [3.8, 4) is 5.75 Å². The molecule has 0 bridgehead atoms. The molecule has 0 saturated heterocycles. The van der Waals surface area contributed by atoms with Gasteiger partial charge in [-0.1, -0.05) is 19.1 Å². The van der Waals surface area contributed by atoms with E-state index in [2.05, 4.69) is 16.0 Å². The van der Waals surface area contributed by atoms with Gasteiger partial charge in [0.15, 0.2) is 0 Å². The molecule has 132 valence electrons. The highest BCUT2D eigenvalue weighted by molar-refractivity contribution is 5.96. The van der Waals surface area contributed by atoms with Crippen LogP contribution in [0.3, 0.4) is 0 Å². The first kappa shape index (κ1) is 18.3. The molecule has 0 aromatic heterocycles. The maximum absolute atomic E-state index is 12.1. The van der Waals surface area contributed by atoms with E-state index in [1.807, 2.05) is 19.1 Å². The van der Waals surface area contributed by atoms with Crippen molar-refractivity contribution in [2.45, 2.75) is 13.3 Å². The van der Waals surface area contributed by atoms with Gasteiger partial charge < -0.3 is 20.7 Å². The Balaban J connectivity index is 1.86. The van der Waals surface area contributed by atoms with Crippen LogP contribution >= 0.6 is 0 Å². The van der Waals surface area contributed by atoms with Crippen molar-refractivity contribution in [3.05, 3.63) is 54.1 Å². The molecular weight excluding hydrogens is 318 g/mol. The van der Waals surface area contributed by atoms with Crippen molar-refractivity contribution in [1.82, 2.24) is 5.32 Å². The first-order valence-electron chi connectivity index (χ1n) is 8.19. The highest BCUT2D eigenvalue weighted by Crippen LogP contribution is 2.22. The third-order valence-corrected chi connectivity index (χ3v) is 3.52. The molecule has 2 aromatic rings.